The molecule has 1 atom stereocenters. The lowest BCUT2D eigenvalue weighted by Gasteiger charge is -2.37. The van der Waals surface area contributed by atoms with Crippen LogP contribution in [0.25, 0.3) is 0 Å². The number of benzene rings is 1. The van der Waals surface area contributed by atoms with Gasteiger partial charge < -0.3 is 20.3 Å². The standard InChI is InChI=1S/C18H25N3O3/c1-24-18(23)13-6-8-20(9-7-13)17(22)12-21-11-15(19)10-14-4-2-3-5-16(14)21/h2-5,13,15H,6-12,19H2,1H3. The highest BCUT2D eigenvalue weighted by Gasteiger charge is 2.30. The van der Waals surface area contributed by atoms with Crippen molar-refractivity contribution in [2.45, 2.75) is 25.3 Å². The predicted molar refractivity (Wildman–Crippen MR) is 91.7 cm³/mol. The minimum Gasteiger partial charge on any atom is -0.469 e. The number of fused-ring (bicyclic) bond motifs is 1. The van der Waals surface area contributed by atoms with Gasteiger partial charge in [-0.25, -0.2) is 0 Å². The van der Waals surface area contributed by atoms with Crippen LogP contribution in [0.4, 0.5) is 5.69 Å². The van der Waals surface area contributed by atoms with Crippen molar-refractivity contribution in [2.24, 2.45) is 11.7 Å². The molecule has 1 aromatic rings. The third kappa shape index (κ3) is 3.53. The van der Waals surface area contributed by atoms with Gasteiger partial charge in [-0.05, 0) is 30.9 Å². The summed E-state index contributed by atoms with van der Waals surface area (Å²) in [6, 6.07) is 8.19. The lowest BCUT2D eigenvalue weighted by atomic mass is 9.96. The Bertz CT molecular complexity index is 611. The summed E-state index contributed by atoms with van der Waals surface area (Å²) in [5, 5.41) is 0. The number of amides is 1. The van der Waals surface area contributed by atoms with Crippen LogP contribution in [-0.2, 0) is 20.7 Å². The summed E-state index contributed by atoms with van der Waals surface area (Å²) in [5.74, 6) is -0.150. The number of para-hydroxylation sites is 1. The van der Waals surface area contributed by atoms with Gasteiger partial charge in [-0.2, -0.15) is 0 Å². The molecule has 3 rings (SSSR count). The molecule has 2 heterocycles. The third-order valence-corrected chi connectivity index (χ3v) is 4.98. The molecule has 24 heavy (non-hydrogen) atoms. The maximum Gasteiger partial charge on any atom is 0.308 e. The molecule has 1 aromatic carbocycles. The Morgan fingerprint density at radius 1 is 1.25 bits per heavy atom. The van der Waals surface area contributed by atoms with Crippen molar-refractivity contribution in [2.75, 3.05) is 38.2 Å². The van der Waals surface area contributed by atoms with E-state index < -0.39 is 0 Å². The van der Waals surface area contributed by atoms with Gasteiger partial charge >= 0.3 is 5.97 Å². The van der Waals surface area contributed by atoms with Gasteiger partial charge in [-0.1, -0.05) is 18.2 Å². The number of piperidine rings is 1. The predicted octanol–water partition coefficient (Wildman–Crippen LogP) is 0.788. The minimum absolute atomic E-state index is 0.0535. The van der Waals surface area contributed by atoms with Crippen molar-refractivity contribution in [3.63, 3.8) is 0 Å². The summed E-state index contributed by atoms with van der Waals surface area (Å²) in [6.07, 6.45) is 2.20. The monoisotopic (exact) mass is 331 g/mol. The zero-order valence-corrected chi connectivity index (χ0v) is 14.1. The molecule has 0 spiro atoms. The topological polar surface area (TPSA) is 75.9 Å². The number of anilines is 1. The van der Waals surface area contributed by atoms with Crippen LogP contribution >= 0.6 is 0 Å². The third-order valence-electron chi connectivity index (χ3n) is 4.98. The van der Waals surface area contributed by atoms with Crippen molar-refractivity contribution in [1.82, 2.24) is 4.90 Å². The fourth-order valence-corrected chi connectivity index (χ4v) is 3.66. The quantitative estimate of drug-likeness (QED) is 0.829. The molecule has 1 amide bonds. The summed E-state index contributed by atoms with van der Waals surface area (Å²) < 4.78 is 4.79. The Morgan fingerprint density at radius 3 is 2.67 bits per heavy atom. The summed E-state index contributed by atoms with van der Waals surface area (Å²) >= 11 is 0. The smallest absolute Gasteiger partial charge is 0.308 e. The number of nitrogens with two attached hydrogens (primary N) is 1. The van der Waals surface area contributed by atoms with Gasteiger partial charge in [0.05, 0.1) is 19.6 Å². The molecular formula is C18H25N3O3. The number of rotatable bonds is 3. The van der Waals surface area contributed by atoms with Crippen molar-refractivity contribution >= 4 is 17.6 Å². The molecule has 0 aliphatic carbocycles. The summed E-state index contributed by atoms with van der Waals surface area (Å²) in [7, 11) is 1.41. The van der Waals surface area contributed by atoms with E-state index in [9.17, 15) is 9.59 Å². The Kier molecular flexibility index (Phi) is 5.04. The first-order valence-electron chi connectivity index (χ1n) is 8.52. The number of hydrogen-bond donors (Lipinski definition) is 1. The van der Waals surface area contributed by atoms with Gasteiger partial charge in [0.15, 0.2) is 0 Å². The first-order chi connectivity index (χ1) is 11.6. The van der Waals surface area contributed by atoms with Crippen LogP contribution in [0.3, 0.4) is 0 Å². The number of carbonyl (C=O) groups is 2. The first kappa shape index (κ1) is 16.8. The Balaban J connectivity index is 1.61. The zero-order valence-electron chi connectivity index (χ0n) is 14.1. The van der Waals surface area contributed by atoms with E-state index in [0.29, 0.717) is 39.0 Å². The van der Waals surface area contributed by atoms with Gasteiger partial charge in [0.25, 0.3) is 0 Å². The van der Waals surface area contributed by atoms with E-state index >= 15 is 0 Å². The SMILES string of the molecule is COC(=O)C1CCN(C(=O)CN2CC(N)Cc3ccccc32)CC1. The van der Waals surface area contributed by atoms with Crippen LogP contribution in [0.1, 0.15) is 18.4 Å². The van der Waals surface area contributed by atoms with Gasteiger partial charge in [0.1, 0.15) is 0 Å². The largest absolute Gasteiger partial charge is 0.469 e. The van der Waals surface area contributed by atoms with Crippen LogP contribution < -0.4 is 10.6 Å². The molecule has 1 unspecified atom stereocenters. The molecule has 130 valence electrons. The van der Waals surface area contributed by atoms with E-state index in [4.69, 9.17) is 10.5 Å². The summed E-state index contributed by atoms with van der Waals surface area (Å²) in [4.78, 5) is 28.2. The molecular weight excluding hydrogens is 306 g/mol. The van der Waals surface area contributed by atoms with Crippen LogP contribution in [-0.4, -0.2) is 56.1 Å². The number of esters is 1. The molecule has 0 aromatic heterocycles. The molecule has 2 aliphatic rings. The van der Waals surface area contributed by atoms with Crippen LogP contribution in [0.2, 0.25) is 0 Å². The van der Waals surface area contributed by atoms with E-state index in [1.54, 1.807) is 0 Å². The molecule has 0 bridgehead atoms. The highest BCUT2D eigenvalue weighted by atomic mass is 16.5. The minimum atomic E-state index is -0.168. The number of ether oxygens (including phenoxy) is 1. The lowest BCUT2D eigenvalue weighted by molar-refractivity contribution is -0.148. The number of methoxy groups -OCH3 is 1. The van der Waals surface area contributed by atoms with Crippen molar-refractivity contribution in [3.05, 3.63) is 29.8 Å². The molecule has 0 radical (unpaired) electrons. The fourth-order valence-electron chi connectivity index (χ4n) is 3.66. The van der Waals surface area contributed by atoms with E-state index in [1.165, 1.54) is 12.7 Å². The molecule has 2 N–H and O–H groups in total. The molecule has 6 nitrogen and oxygen atoms in total. The van der Waals surface area contributed by atoms with Crippen LogP contribution in [0.5, 0.6) is 0 Å². The Labute approximate surface area is 142 Å². The average Bonchev–Trinajstić information content (AvgIpc) is 2.61. The number of hydrogen-bond acceptors (Lipinski definition) is 5. The molecule has 2 aliphatic heterocycles. The summed E-state index contributed by atoms with van der Waals surface area (Å²) in [6.45, 7) is 2.26. The van der Waals surface area contributed by atoms with Gasteiger partial charge in [-0.15, -0.1) is 0 Å². The van der Waals surface area contributed by atoms with E-state index in [-0.39, 0.29) is 23.8 Å². The van der Waals surface area contributed by atoms with Gasteiger partial charge in [0.2, 0.25) is 5.91 Å². The van der Waals surface area contributed by atoms with Crippen LogP contribution in [0, 0.1) is 5.92 Å². The van der Waals surface area contributed by atoms with Crippen molar-refractivity contribution in [1.29, 1.82) is 0 Å². The lowest BCUT2D eigenvalue weighted by Crippen LogP contribution is -2.50. The van der Waals surface area contributed by atoms with Crippen molar-refractivity contribution < 1.29 is 14.3 Å². The molecule has 1 saturated heterocycles. The van der Waals surface area contributed by atoms with Crippen molar-refractivity contribution in [3.8, 4) is 0 Å². The highest BCUT2D eigenvalue weighted by Crippen LogP contribution is 2.26. The highest BCUT2D eigenvalue weighted by molar-refractivity contribution is 5.82. The second kappa shape index (κ2) is 7.21. The molecule has 6 heteroatoms. The molecule has 1 fully saturated rings. The van der Waals surface area contributed by atoms with E-state index in [1.807, 2.05) is 17.0 Å². The maximum absolute atomic E-state index is 12.7. The van der Waals surface area contributed by atoms with E-state index in [0.717, 1.165) is 12.1 Å². The van der Waals surface area contributed by atoms with E-state index in [2.05, 4.69) is 17.0 Å². The first-order valence-corrected chi connectivity index (χ1v) is 8.52. The summed E-state index contributed by atoms with van der Waals surface area (Å²) in [5.41, 5.74) is 8.45. The number of carbonyl (C=O) groups excluding carboxylic acids is 2. The maximum atomic E-state index is 12.7. The molecule has 0 saturated carbocycles. The number of likely N-dealkylation sites (tertiary alicyclic amines) is 1. The average molecular weight is 331 g/mol. The van der Waals surface area contributed by atoms with Gasteiger partial charge in [-0.3, -0.25) is 9.59 Å². The van der Waals surface area contributed by atoms with Gasteiger partial charge in [0, 0.05) is 31.4 Å². The Hall–Kier alpha value is -2.08. The number of nitrogens with zero attached hydrogens (tertiary/aromatic N) is 2. The fraction of sp³-hybridized carbons (Fsp3) is 0.556. The van der Waals surface area contributed by atoms with Crippen LogP contribution in [0.15, 0.2) is 24.3 Å². The zero-order chi connectivity index (χ0) is 17.1. The second-order valence-corrected chi connectivity index (χ2v) is 6.65. The second-order valence-electron chi connectivity index (χ2n) is 6.65. The normalized spacial score (nSPS) is 21.3. The Morgan fingerprint density at radius 2 is 1.96 bits per heavy atom.